The molecule has 1 aromatic carbocycles. The molecule has 0 unspecified atom stereocenters. The van der Waals surface area contributed by atoms with Crippen molar-refractivity contribution in [3.8, 4) is 10.6 Å². The standard InChI is InChI=1S/C17H18N2O4S/c1-11-10-24-14(18-11)12-3-2-4-13(9-12)15(20)19-7-5-17(23,6-8-19)16(21)22/h2-4,9-10,23H,5-8H2,1H3,(H,21,22). The molecule has 1 fully saturated rings. The number of hydrogen-bond acceptors (Lipinski definition) is 5. The quantitative estimate of drug-likeness (QED) is 0.889. The van der Waals surface area contributed by atoms with E-state index in [2.05, 4.69) is 4.98 Å². The lowest BCUT2D eigenvalue weighted by molar-refractivity contribution is -0.162. The van der Waals surface area contributed by atoms with Crippen molar-refractivity contribution < 1.29 is 19.8 Å². The van der Waals surface area contributed by atoms with Crippen LogP contribution in [0.1, 0.15) is 28.9 Å². The van der Waals surface area contributed by atoms with Crippen molar-refractivity contribution in [2.75, 3.05) is 13.1 Å². The van der Waals surface area contributed by atoms with E-state index in [0.717, 1.165) is 16.3 Å². The first-order chi connectivity index (χ1) is 11.4. The Morgan fingerprint density at radius 1 is 1.29 bits per heavy atom. The first kappa shape index (κ1) is 16.6. The highest BCUT2D eigenvalue weighted by Crippen LogP contribution is 2.27. The summed E-state index contributed by atoms with van der Waals surface area (Å²) in [4.78, 5) is 29.7. The van der Waals surface area contributed by atoms with Gasteiger partial charge in [-0.25, -0.2) is 9.78 Å². The Hall–Kier alpha value is -2.25. The number of carbonyl (C=O) groups is 2. The minimum atomic E-state index is -1.73. The molecule has 2 aromatic rings. The van der Waals surface area contributed by atoms with Crippen LogP contribution in [0.2, 0.25) is 0 Å². The monoisotopic (exact) mass is 346 g/mol. The second-order valence-corrected chi connectivity index (χ2v) is 6.86. The highest BCUT2D eigenvalue weighted by molar-refractivity contribution is 7.13. The van der Waals surface area contributed by atoms with Gasteiger partial charge in [-0.1, -0.05) is 12.1 Å². The average molecular weight is 346 g/mol. The van der Waals surface area contributed by atoms with Crippen molar-refractivity contribution >= 4 is 23.2 Å². The molecular formula is C17H18N2O4S. The van der Waals surface area contributed by atoms with E-state index in [1.807, 2.05) is 24.4 Å². The SMILES string of the molecule is Cc1csc(-c2cccc(C(=O)N3CCC(O)(C(=O)O)CC3)c2)n1. The fraction of sp³-hybridized carbons (Fsp3) is 0.353. The van der Waals surface area contributed by atoms with Crippen LogP contribution in [-0.4, -0.2) is 50.7 Å². The van der Waals surface area contributed by atoms with Gasteiger partial charge >= 0.3 is 5.97 Å². The molecule has 1 aliphatic rings. The molecule has 0 aliphatic carbocycles. The van der Waals surface area contributed by atoms with Gasteiger partial charge in [0, 0.05) is 48.1 Å². The van der Waals surface area contributed by atoms with E-state index in [-0.39, 0.29) is 31.8 Å². The number of aryl methyl sites for hydroxylation is 1. The third-order valence-electron chi connectivity index (χ3n) is 4.25. The number of carboxylic acid groups (broad SMARTS) is 1. The van der Waals surface area contributed by atoms with Crippen LogP contribution in [0.3, 0.4) is 0 Å². The van der Waals surface area contributed by atoms with Crippen molar-refractivity contribution in [2.24, 2.45) is 0 Å². The van der Waals surface area contributed by atoms with E-state index in [0.29, 0.717) is 5.56 Å². The minimum Gasteiger partial charge on any atom is -0.479 e. The van der Waals surface area contributed by atoms with Gasteiger partial charge in [-0.15, -0.1) is 11.3 Å². The zero-order valence-electron chi connectivity index (χ0n) is 13.2. The molecule has 6 nitrogen and oxygen atoms in total. The van der Waals surface area contributed by atoms with Crippen LogP contribution in [0.15, 0.2) is 29.6 Å². The highest BCUT2D eigenvalue weighted by Gasteiger charge is 2.40. The number of aliphatic hydroxyl groups is 1. The van der Waals surface area contributed by atoms with Gasteiger partial charge in [0.25, 0.3) is 5.91 Å². The lowest BCUT2D eigenvalue weighted by atomic mass is 9.91. The van der Waals surface area contributed by atoms with Crippen LogP contribution in [0.4, 0.5) is 0 Å². The molecule has 2 N–H and O–H groups in total. The number of amides is 1. The van der Waals surface area contributed by atoms with Gasteiger partial charge in [-0.05, 0) is 19.1 Å². The predicted octanol–water partition coefficient (Wildman–Crippen LogP) is 2.17. The van der Waals surface area contributed by atoms with E-state index in [1.54, 1.807) is 17.0 Å². The number of hydrogen-bond donors (Lipinski definition) is 2. The third kappa shape index (κ3) is 3.18. The number of nitrogens with zero attached hydrogens (tertiary/aromatic N) is 2. The number of carboxylic acids is 1. The van der Waals surface area contributed by atoms with Gasteiger partial charge in [0.1, 0.15) is 5.01 Å². The van der Waals surface area contributed by atoms with Crippen molar-refractivity contribution in [1.82, 2.24) is 9.88 Å². The topological polar surface area (TPSA) is 90.7 Å². The number of thiazole rings is 1. The zero-order chi connectivity index (χ0) is 17.3. The summed E-state index contributed by atoms with van der Waals surface area (Å²) in [7, 11) is 0. The summed E-state index contributed by atoms with van der Waals surface area (Å²) >= 11 is 1.53. The molecule has 0 saturated carbocycles. The maximum atomic E-state index is 12.6. The second kappa shape index (κ2) is 6.33. The van der Waals surface area contributed by atoms with E-state index < -0.39 is 11.6 Å². The molecule has 7 heteroatoms. The lowest BCUT2D eigenvalue weighted by Crippen LogP contribution is -2.50. The summed E-state index contributed by atoms with van der Waals surface area (Å²) in [6.07, 6.45) is 0.0822. The van der Waals surface area contributed by atoms with Crippen LogP contribution >= 0.6 is 11.3 Å². The average Bonchev–Trinajstić information content (AvgIpc) is 3.01. The Balaban J connectivity index is 1.76. The molecule has 24 heavy (non-hydrogen) atoms. The normalized spacial score (nSPS) is 16.8. The second-order valence-electron chi connectivity index (χ2n) is 6.00. The molecule has 1 saturated heterocycles. The van der Waals surface area contributed by atoms with Crippen LogP contribution in [0, 0.1) is 6.92 Å². The Morgan fingerprint density at radius 2 is 2.00 bits per heavy atom. The smallest absolute Gasteiger partial charge is 0.335 e. The number of piperidine rings is 1. The molecule has 0 radical (unpaired) electrons. The van der Waals surface area contributed by atoms with Crippen LogP contribution in [0.25, 0.3) is 10.6 Å². The Morgan fingerprint density at radius 3 is 2.58 bits per heavy atom. The van der Waals surface area contributed by atoms with Gasteiger partial charge in [0.05, 0.1) is 0 Å². The van der Waals surface area contributed by atoms with Crippen molar-refractivity contribution in [2.45, 2.75) is 25.4 Å². The molecule has 126 valence electrons. The Bertz CT molecular complexity index is 778. The first-order valence-corrected chi connectivity index (χ1v) is 8.55. The molecule has 1 amide bonds. The number of rotatable bonds is 3. The van der Waals surface area contributed by atoms with Crippen molar-refractivity contribution in [3.05, 3.63) is 40.9 Å². The summed E-state index contributed by atoms with van der Waals surface area (Å²) in [5.74, 6) is -1.38. The highest BCUT2D eigenvalue weighted by atomic mass is 32.1. The zero-order valence-corrected chi connectivity index (χ0v) is 14.0. The maximum absolute atomic E-state index is 12.6. The lowest BCUT2D eigenvalue weighted by Gasteiger charge is -2.35. The number of likely N-dealkylation sites (tertiary alicyclic amines) is 1. The number of aromatic nitrogens is 1. The summed E-state index contributed by atoms with van der Waals surface area (Å²) in [5.41, 5.74) is 0.645. The maximum Gasteiger partial charge on any atom is 0.335 e. The van der Waals surface area contributed by atoms with Gasteiger partial charge < -0.3 is 15.1 Å². The molecule has 2 heterocycles. The van der Waals surface area contributed by atoms with Crippen molar-refractivity contribution in [3.63, 3.8) is 0 Å². The van der Waals surface area contributed by atoms with Crippen LogP contribution < -0.4 is 0 Å². The Kier molecular flexibility index (Phi) is 4.38. The van der Waals surface area contributed by atoms with Gasteiger partial charge in [0.2, 0.25) is 0 Å². The van der Waals surface area contributed by atoms with Crippen molar-refractivity contribution in [1.29, 1.82) is 0 Å². The molecule has 1 aliphatic heterocycles. The minimum absolute atomic E-state index is 0.0411. The third-order valence-corrected chi connectivity index (χ3v) is 5.26. The summed E-state index contributed by atoms with van der Waals surface area (Å²) in [5, 5.41) is 21.8. The van der Waals surface area contributed by atoms with Gasteiger partial charge in [-0.2, -0.15) is 0 Å². The van der Waals surface area contributed by atoms with Crippen LogP contribution in [0.5, 0.6) is 0 Å². The van der Waals surface area contributed by atoms with E-state index in [9.17, 15) is 14.7 Å². The summed E-state index contributed by atoms with van der Waals surface area (Å²) in [6, 6.07) is 7.27. The van der Waals surface area contributed by atoms with Gasteiger partial charge in [-0.3, -0.25) is 4.79 Å². The largest absolute Gasteiger partial charge is 0.479 e. The van der Waals surface area contributed by atoms with Crippen LogP contribution in [-0.2, 0) is 4.79 Å². The number of benzene rings is 1. The molecule has 0 spiro atoms. The number of carbonyl (C=O) groups excluding carboxylic acids is 1. The Labute approximate surface area is 143 Å². The predicted molar refractivity (Wildman–Crippen MR) is 90.0 cm³/mol. The summed E-state index contributed by atoms with van der Waals surface area (Å²) in [6.45, 7) is 2.37. The molecule has 3 rings (SSSR count). The molecule has 0 atom stereocenters. The van der Waals surface area contributed by atoms with Gasteiger partial charge in [0.15, 0.2) is 5.60 Å². The summed E-state index contributed by atoms with van der Waals surface area (Å²) < 4.78 is 0. The fourth-order valence-electron chi connectivity index (χ4n) is 2.75. The molecular weight excluding hydrogens is 328 g/mol. The first-order valence-electron chi connectivity index (χ1n) is 7.67. The molecule has 1 aromatic heterocycles. The molecule has 0 bridgehead atoms. The van der Waals surface area contributed by atoms with E-state index in [4.69, 9.17) is 5.11 Å². The van der Waals surface area contributed by atoms with E-state index in [1.165, 1.54) is 11.3 Å². The number of aliphatic carboxylic acids is 1. The fourth-order valence-corrected chi connectivity index (χ4v) is 3.54. The van der Waals surface area contributed by atoms with E-state index >= 15 is 0 Å².